The Morgan fingerprint density at radius 2 is 2.25 bits per heavy atom. The van der Waals surface area contributed by atoms with Crippen LogP contribution in [0.3, 0.4) is 0 Å². The minimum Gasteiger partial charge on any atom is -0.496 e. The first-order valence-corrected chi connectivity index (χ1v) is 6.62. The van der Waals surface area contributed by atoms with Crippen molar-refractivity contribution in [3.8, 4) is 5.75 Å². The van der Waals surface area contributed by atoms with Crippen molar-refractivity contribution in [1.29, 1.82) is 0 Å². The second-order valence-electron chi connectivity index (χ2n) is 4.24. The van der Waals surface area contributed by atoms with Crippen LogP contribution in [0.25, 0.3) is 6.08 Å². The van der Waals surface area contributed by atoms with E-state index >= 15 is 0 Å². The average molecular weight is 291 g/mol. The number of ketones is 1. The van der Waals surface area contributed by atoms with E-state index in [0.29, 0.717) is 11.6 Å². The molecule has 0 aliphatic carbocycles. The number of ether oxygens (including phenoxy) is 1. The molecular weight excluding hydrogens is 276 g/mol. The summed E-state index contributed by atoms with van der Waals surface area (Å²) in [5.41, 5.74) is 2.34. The quantitative estimate of drug-likeness (QED) is 0.483. The number of aryl methyl sites for hydroxylation is 1. The number of rotatable bonds is 5. The van der Waals surface area contributed by atoms with Gasteiger partial charge in [0.05, 0.1) is 13.0 Å². The van der Waals surface area contributed by atoms with Crippen LogP contribution in [0, 0.1) is 0 Å². The maximum absolute atomic E-state index is 12.0. The molecule has 0 unspecified atom stereocenters. The molecule has 0 spiro atoms. The highest BCUT2D eigenvalue weighted by Gasteiger charge is 2.06. The first-order valence-electron chi connectivity index (χ1n) is 6.09. The lowest BCUT2D eigenvalue weighted by Crippen LogP contribution is -2.03. The molecule has 0 aliphatic rings. The molecule has 104 valence electrons. The summed E-state index contributed by atoms with van der Waals surface area (Å²) in [6.07, 6.45) is 4.88. The van der Waals surface area contributed by atoms with Crippen molar-refractivity contribution >= 4 is 23.5 Å². The van der Waals surface area contributed by atoms with Crippen LogP contribution in [-0.4, -0.2) is 22.7 Å². The van der Waals surface area contributed by atoms with E-state index in [-0.39, 0.29) is 5.78 Å². The number of methoxy groups -OCH3 is 1. The number of allylic oxidation sites excluding steroid dienone is 1. The van der Waals surface area contributed by atoms with Crippen LogP contribution in [0.1, 0.15) is 21.6 Å². The summed E-state index contributed by atoms with van der Waals surface area (Å²) in [6, 6.07) is 7.30. The molecular formula is C15H15ClN2O2. The van der Waals surface area contributed by atoms with Gasteiger partial charge in [-0.1, -0.05) is 12.1 Å². The van der Waals surface area contributed by atoms with E-state index in [1.165, 1.54) is 6.08 Å². The molecule has 0 atom stereocenters. The van der Waals surface area contributed by atoms with Gasteiger partial charge < -0.3 is 4.74 Å². The maximum Gasteiger partial charge on any atom is 0.203 e. The summed E-state index contributed by atoms with van der Waals surface area (Å²) in [6.45, 7) is 0. The third-order valence-electron chi connectivity index (χ3n) is 2.95. The molecule has 5 heteroatoms. The van der Waals surface area contributed by atoms with Crippen LogP contribution < -0.4 is 4.74 Å². The molecule has 2 rings (SSSR count). The van der Waals surface area contributed by atoms with Gasteiger partial charge in [-0.2, -0.15) is 5.10 Å². The van der Waals surface area contributed by atoms with Gasteiger partial charge in [-0.15, -0.1) is 11.6 Å². The van der Waals surface area contributed by atoms with Crippen LogP contribution in [0.4, 0.5) is 0 Å². The number of alkyl halides is 1. The van der Waals surface area contributed by atoms with Crippen LogP contribution in [0.5, 0.6) is 5.75 Å². The van der Waals surface area contributed by atoms with Crippen molar-refractivity contribution in [1.82, 2.24) is 9.78 Å². The number of aromatic nitrogens is 2. The zero-order valence-corrected chi connectivity index (χ0v) is 12.1. The van der Waals surface area contributed by atoms with Gasteiger partial charge in [0.1, 0.15) is 11.4 Å². The Bertz CT molecular complexity index is 647. The topological polar surface area (TPSA) is 44.1 Å². The first kappa shape index (κ1) is 14.3. The van der Waals surface area contributed by atoms with Crippen molar-refractivity contribution in [3.63, 3.8) is 0 Å². The summed E-state index contributed by atoms with van der Waals surface area (Å²) >= 11 is 5.86. The molecule has 0 fully saturated rings. The smallest absolute Gasteiger partial charge is 0.203 e. The largest absolute Gasteiger partial charge is 0.496 e. The second kappa shape index (κ2) is 6.39. The fraction of sp³-hybridized carbons (Fsp3) is 0.200. The summed E-state index contributed by atoms with van der Waals surface area (Å²) < 4.78 is 6.75. The Hall–Kier alpha value is -2.07. The lowest BCUT2D eigenvalue weighted by molar-refractivity contribution is 0.103. The lowest BCUT2D eigenvalue weighted by atomic mass is 10.1. The van der Waals surface area contributed by atoms with Crippen LogP contribution in [0.2, 0.25) is 0 Å². The number of hydrogen-bond donors (Lipinski definition) is 0. The standard InChI is InChI=1S/C15H15ClN2O2/c1-18-13(7-8-17-18)14(19)5-3-11-4-6-15(20-2)12(9-11)10-16/h3-9H,10H2,1-2H3/b5-3+. The Labute approximate surface area is 122 Å². The highest BCUT2D eigenvalue weighted by Crippen LogP contribution is 2.22. The minimum absolute atomic E-state index is 0.0896. The molecule has 0 bridgehead atoms. The van der Waals surface area contributed by atoms with Gasteiger partial charge in [-0.05, 0) is 29.8 Å². The summed E-state index contributed by atoms with van der Waals surface area (Å²) in [4.78, 5) is 12.0. The van der Waals surface area contributed by atoms with E-state index in [9.17, 15) is 4.79 Å². The molecule has 1 heterocycles. The summed E-state index contributed by atoms with van der Waals surface area (Å²) in [5, 5.41) is 3.97. The molecule has 0 saturated heterocycles. The van der Waals surface area contributed by atoms with E-state index in [1.807, 2.05) is 18.2 Å². The number of benzene rings is 1. The van der Waals surface area contributed by atoms with Gasteiger partial charge in [-0.25, -0.2) is 0 Å². The van der Waals surface area contributed by atoms with Gasteiger partial charge in [0, 0.05) is 18.8 Å². The van der Waals surface area contributed by atoms with Crippen molar-refractivity contribution in [2.75, 3.05) is 7.11 Å². The highest BCUT2D eigenvalue weighted by atomic mass is 35.5. The average Bonchev–Trinajstić information content (AvgIpc) is 2.90. The number of halogens is 1. The van der Waals surface area contributed by atoms with Crippen molar-refractivity contribution < 1.29 is 9.53 Å². The number of hydrogen-bond acceptors (Lipinski definition) is 3. The highest BCUT2D eigenvalue weighted by molar-refractivity contribution is 6.17. The van der Waals surface area contributed by atoms with Gasteiger partial charge in [-0.3, -0.25) is 9.48 Å². The normalized spacial score (nSPS) is 10.9. The molecule has 2 aromatic rings. The molecule has 1 aromatic heterocycles. The Morgan fingerprint density at radius 1 is 1.45 bits per heavy atom. The summed E-state index contributed by atoms with van der Waals surface area (Å²) in [7, 11) is 3.34. The maximum atomic E-state index is 12.0. The van der Waals surface area contributed by atoms with Crippen molar-refractivity contribution in [2.24, 2.45) is 7.05 Å². The van der Waals surface area contributed by atoms with Gasteiger partial charge in [0.25, 0.3) is 0 Å². The van der Waals surface area contributed by atoms with Crippen LogP contribution in [0.15, 0.2) is 36.5 Å². The Kier molecular flexibility index (Phi) is 4.58. The fourth-order valence-electron chi connectivity index (χ4n) is 1.88. The fourth-order valence-corrected chi connectivity index (χ4v) is 2.09. The predicted octanol–water partition coefficient (Wildman–Crippen LogP) is 3.06. The Balaban J connectivity index is 2.19. The first-order chi connectivity index (χ1) is 9.65. The molecule has 20 heavy (non-hydrogen) atoms. The van der Waals surface area contributed by atoms with Gasteiger partial charge in [0.2, 0.25) is 5.78 Å². The van der Waals surface area contributed by atoms with Gasteiger partial charge >= 0.3 is 0 Å². The molecule has 0 amide bonds. The van der Waals surface area contributed by atoms with Crippen molar-refractivity contribution in [3.05, 3.63) is 53.4 Å². The third kappa shape index (κ3) is 3.08. The molecule has 0 N–H and O–H groups in total. The van der Waals surface area contributed by atoms with E-state index < -0.39 is 0 Å². The third-order valence-corrected chi connectivity index (χ3v) is 3.24. The molecule has 1 aromatic carbocycles. The minimum atomic E-state index is -0.0896. The molecule has 0 radical (unpaired) electrons. The summed E-state index contributed by atoms with van der Waals surface area (Å²) in [5.74, 6) is 1.02. The number of carbonyl (C=O) groups is 1. The molecule has 4 nitrogen and oxygen atoms in total. The van der Waals surface area contributed by atoms with E-state index in [2.05, 4.69) is 5.10 Å². The SMILES string of the molecule is COc1ccc(/C=C/C(=O)c2ccnn2C)cc1CCl. The molecule has 0 aliphatic heterocycles. The van der Waals surface area contributed by atoms with E-state index in [4.69, 9.17) is 16.3 Å². The van der Waals surface area contributed by atoms with Gasteiger partial charge in [0.15, 0.2) is 0 Å². The Morgan fingerprint density at radius 3 is 2.85 bits per heavy atom. The lowest BCUT2D eigenvalue weighted by Gasteiger charge is -2.06. The predicted molar refractivity (Wildman–Crippen MR) is 79.1 cm³/mol. The monoisotopic (exact) mass is 290 g/mol. The van der Waals surface area contributed by atoms with Crippen molar-refractivity contribution in [2.45, 2.75) is 5.88 Å². The second-order valence-corrected chi connectivity index (χ2v) is 4.51. The molecule has 0 saturated carbocycles. The van der Waals surface area contributed by atoms with E-state index in [1.54, 1.807) is 37.2 Å². The van der Waals surface area contributed by atoms with E-state index in [0.717, 1.165) is 16.9 Å². The number of carbonyl (C=O) groups excluding carboxylic acids is 1. The van der Waals surface area contributed by atoms with Crippen LogP contribution >= 0.6 is 11.6 Å². The zero-order valence-electron chi connectivity index (χ0n) is 11.3. The zero-order chi connectivity index (χ0) is 14.5. The van der Waals surface area contributed by atoms with Crippen LogP contribution in [-0.2, 0) is 12.9 Å². The number of nitrogens with zero attached hydrogens (tertiary/aromatic N) is 2.